The normalized spacial score (nSPS) is 10.3. The first-order valence-electron chi connectivity index (χ1n) is 8.88. The van der Waals surface area contributed by atoms with Crippen molar-refractivity contribution in [2.24, 2.45) is 0 Å². The molecule has 3 rings (SSSR count). The van der Waals surface area contributed by atoms with Crippen LogP contribution in [0.5, 0.6) is 5.75 Å². The summed E-state index contributed by atoms with van der Waals surface area (Å²) in [5.74, 6) is 2.24. The van der Waals surface area contributed by atoms with E-state index in [1.165, 1.54) is 5.56 Å². The van der Waals surface area contributed by atoms with Crippen molar-refractivity contribution in [2.45, 2.75) is 6.42 Å². The number of methoxy groups -OCH3 is 1. The van der Waals surface area contributed by atoms with Crippen LogP contribution in [-0.4, -0.2) is 37.7 Å². The van der Waals surface area contributed by atoms with Crippen molar-refractivity contribution in [3.63, 3.8) is 0 Å². The molecule has 0 fully saturated rings. The lowest BCUT2D eigenvalue weighted by Crippen LogP contribution is -2.09. The molecule has 0 unspecified atom stereocenters. The molecule has 0 aliphatic heterocycles. The Morgan fingerprint density at radius 2 is 1.70 bits per heavy atom. The van der Waals surface area contributed by atoms with Gasteiger partial charge in [-0.05, 0) is 54.4 Å². The first-order chi connectivity index (χ1) is 13.1. The summed E-state index contributed by atoms with van der Waals surface area (Å²) in [6.45, 7) is 0.792. The lowest BCUT2D eigenvalue weighted by Gasteiger charge is -2.13. The van der Waals surface area contributed by atoms with Gasteiger partial charge in [-0.25, -0.2) is 4.98 Å². The topological polar surface area (TPSA) is 62.3 Å². The molecule has 0 bridgehead atoms. The van der Waals surface area contributed by atoms with Crippen LogP contribution in [0.2, 0.25) is 0 Å². The van der Waals surface area contributed by atoms with E-state index in [2.05, 4.69) is 49.8 Å². The van der Waals surface area contributed by atoms with Gasteiger partial charge in [-0.15, -0.1) is 0 Å². The Balaban J connectivity index is 1.55. The lowest BCUT2D eigenvalue weighted by molar-refractivity contribution is 0.414. The van der Waals surface area contributed by atoms with Crippen molar-refractivity contribution in [3.8, 4) is 5.75 Å². The van der Waals surface area contributed by atoms with Crippen LogP contribution in [0.15, 0.2) is 60.8 Å². The first kappa shape index (κ1) is 18.5. The monoisotopic (exact) mass is 363 g/mol. The highest BCUT2D eigenvalue weighted by Gasteiger charge is 2.02. The summed E-state index contributed by atoms with van der Waals surface area (Å²) < 4.78 is 5.18. The lowest BCUT2D eigenvalue weighted by atomic mass is 10.1. The molecule has 0 aliphatic carbocycles. The third-order valence-electron chi connectivity index (χ3n) is 4.17. The Labute approximate surface area is 160 Å². The highest BCUT2D eigenvalue weighted by Crippen LogP contribution is 2.19. The van der Waals surface area contributed by atoms with Gasteiger partial charge in [0.25, 0.3) is 0 Å². The average Bonchev–Trinajstić information content (AvgIpc) is 2.69. The molecule has 27 heavy (non-hydrogen) atoms. The van der Waals surface area contributed by atoms with Gasteiger partial charge in [-0.1, -0.05) is 12.1 Å². The van der Waals surface area contributed by atoms with Crippen molar-refractivity contribution >= 4 is 23.1 Å². The standard InChI is InChI=1S/C21H25N5O/c1-26(2)18-8-6-17(7-9-18)24-21-23-15-13-20(25-21)22-14-12-16-4-10-19(27-3)11-5-16/h4-11,13,15H,12,14H2,1-3H3,(H2,22,23,24,25). The molecule has 0 spiro atoms. The van der Waals surface area contributed by atoms with Gasteiger partial charge < -0.3 is 20.3 Å². The molecule has 0 aliphatic rings. The summed E-state index contributed by atoms with van der Waals surface area (Å²) in [5.41, 5.74) is 3.35. The predicted molar refractivity (Wildman–Crippen MR) is 111 cm³/mol. The molecule has 3 aromatic rings. The highest BCUT2D eigenvalue weighted by molar-refractivity contribution is 5.59. The number of nitrogens with one attached hydrogen (secondary N) is 2. The average molecular weight is 363 g/mol. The van der Waals surface area contributed by atoms with Gasteiger partial charge in [-0.3, -0.25) is 0 Å². The number of benzene rings is 2. The van der Waals surface area contributed by atoms with Gasteiger partial charge in [0, 0.05) is 38.2 Å². The van der Waals surface area contributed by atoms with E-state index in [0.29, 0.717) is 5.95 Å². The van der Waals surface area contributed by atoms with Gasteiger partial charge in [-0.2, -0.15) is 4.98 Å². The summed E-state index contributed by atoms with van der Waals surface area (Å²) >= 11 is 0. The Hall–Kier alpha value is -3.28. The molecular weight excluding hydrogens is 338 g/mol. The van der Waals surface area contributed by atoms with Crippen LogP contribution < -0.4 is 20.3 Å². The molecular formula is C21H25N5O. The summed E-state index contributed by atoms with van der Waals surface area (Å²) in [5, 5.41) is 6.58. The predicted octanol–water partition coefficient (Wildman–Crippen LogP) is 3.95. The molecule has 0 radical (unpaired) electrons. The van der Waals surface area contributed by atoms with Crippen molar-refractivity contribution in [2.75, 3.05) is 43.3 Å². The van der Waals surface area contributed by atoms with Crippen molar-refractivity contribution in [1.82, 2.24) is 9.97 Å². The van der Waals surface area contributed by atoms with E-state index < -0.39 is 0 Å². The Kier molecular flexibility index (Phi) is 6.10. The molecule has 0 amide bonds. The molecule has 140 valence electrons. The maximum absolute atomic E-state index is 5.18. The van der Waals surface area contributed by atoms with Gasteiger partial charge >= 0.3 is 0 Å². The fraction of sp³-hybridized carbons (Fsp3) is 0.238. The summed E-state index contributed by atoms with van der Waals surface area (Å²) in [6.07, 6.45) is 2.65. The quantitative estimate of drug-likeness (QED) is 0.632. The zero-order valence-corrected chi connectivity index (χ0v) is 15.9. The Morgan fingerprint density at radius 1 is 0.963 bits per heavy atom. The highest BCUT2D eigenvalue weighted by atomic mass is 16.5. The third-order valence-corrected chi connectivity index (χ3v) is 4.17. The number of rotatable bonds is 8. The fourth-order valence-electron chi connectivity index (χ4n) is 2.62. The third kappa shape index (κ3) is 5.34. The SMILES string of the molecule is COc1ccc(CCNc2ccnc(Nc3ccc(N(C)C)cc3)n2)cc1. The molecule has 6 heteroatoms. The summed E-state index contributed by atoms with van der Waals surface area (Å²) in [4.78, 5) is 10.9. The van der Waals surface area contributed by atoms with Crippen molar-refractivity contribution in [3.05, 3.63) is 66.4 Å². The zero-order chi connectivity index (χ0) is 19.1. The van der Waals surface area contributed by atoms with E-state index in [-0.39, 0.29) is 0 Å². The molecule has 0 saturated carbocycles. The molecule has 2 aromatic carbocycles. The first-order valence-corrected chi connectivity index (χ1v) is 8.88. The van der Waals surface area contributed by atoms with Crippen LogP contribution in [0.4, 0.5) is 23.1 Å². The summed E-state index contributed by atoms with van der Waals surface area (Å²) in [6, 6.07) is 18.1. The molecule has 6 nitrogen and oxygen atoms in total. The van der Waals surface area contributed by atoms with E-state index >= 15 is 0 Å². The smallest absolute Gasteiger partial charge is 0.229 e. The number of nitrogens with zero attached hydrogens (tertiary/aromatic N) is 3. The van der Waals surface area contributed by atoms with Crippen LogP contribution >= 0.6 is 0 Å². The Bertz CT molecular complexity index is 847. The van der Waals surface area contributed by atoms with E-state index in [9.17, 15) is 0 Å². The van der Waals surface area contributed by atoms with E-state index in [1.54, 1.807) is 13.3 Å². The molecule has 1 heterocycles. The van der Waals surface area contributed by atoms with Crippen molar-refractivity contribution in [1.29, 1.82) is 0 Å². The van der Waals surface area contributed by atoms with Crippen molar-refractivity contribution < 1.29 is 4.74 Å². The van der Waals surface area contributed by atoms with Gasteiger partial charge in [0.1, 0.15) is 11.6 Å². The minimum atomic E-state index is 0.571. The molecule has 0 saturated heterocycles. The number of hydrogen-bond donors (Lipinski definition) is 2. The second kappa shape index (κ2) is 8.89. The van der Waals surface area contributed by atoms with Crippen LogP contribution in [0.1, 0.15) is 5.56 Å². The van der Waals surface area contributed by atoms with E-state index in [1.807, 2.05) is 44.4 Å². The zero-order valence-electron chi connectivity index (χ0n) is 15.9. The van der Waals surface area contributed by atoms with Gasteiger partial charge in [0.2, 0.25) is 5.95 Å². The number of anilines is 4. The number of ether oxygens (including phenoxy) is 1. The maximum Gasteiger partial charge on any atom is 0.229 e. The minimum Gasteiger partial charge on any atom is -0.497 e. The molecule has 2 N–H and O–H groups in total. The number of hydrogen-bond acceptors (Lipinski definition) is 6. The van der Waals surface area contributed by atoms with Crippen LogP contribution in [0.3, 0.4) is 0 Å². The fourth-order valence-corrected chi connectivity index (χ4v) is 2.62. The molecule has 0 atom stereocenters. The Morgan fingerprint density at radius 3 is 2.37 bits per heavy atom. The second-order valence-corrected chi connectivity index (χ2v) is 6.36. The van der Waals surface area contributed by atoms with Crippen LogP contribution in [0, 0.1) is 0 Å². The summed E-state index contributed by atoms with van der Waals surface area (Å²) in [7, 11) is 5.72. The van der Waals surface area contributed by atoms with Crippen LogP contribution in [-0.2, 0) is 6.42 Å². The van der Waals surface area contributed by atoms with E-state index in [4.69, 9.17) is 4.74 Å². The molecule has 1 aromatic heterocycles. The van der Waals surface area contributed by atoms with Crippen LogP contribution in [0.25, 0.3) is 0 Å². The number of aromatic nitrogens is 2. The van der Waals surface area contributed by atoms with E-state index in [0.717, 1.165) is 35.9 Å². The maximum atomic E-state index is 5.18. The second-order valence-electron chi connectivity index (χ2n) is 6.36. The van der Waals surface area contributed by atoms with Gasteiger partial charge in [0.15, 0.2) is 0 Å². The van der Waals surface area contributed by atoms with Gasteiger partial charge in [0.05, 0.1) is 7.11 Å². The minimum absolute atomic E-state index is 0.571. The largest absolute Gasteiger partial charge is 0.497 e.